The monoisotopic (exact) mass is 281 g/mol. The van der Waals surface area contributed by atoms with Gasteiger partial charge >= 0.3 is 0 Å². The first-order valence-electron chi connectivity index (χ1n) is 7.81. The zero-order chi connectivity index (χ0) is 14.2. The Balaban J connectivity index is 1.70. The molecule has 1 fully saturated rings. The highest BCUT2D eigenvalue weighted by Crippen LogP contribution is 2.36. The lowest BCUT2D eigenvalue weighted by molar-refractivity contribution is 0.0660. The summed E-state index contributed by atoms with van der Waals surface area (Å²) in [5.41, 5.74) is 3.04. The van der Waals surface area contributed by atoms with E-state index in [0.717, 1.165) is 41.8 Å². The van der Waals surface area contributed by atoms with Gasteiger partial charge in [-0.1, -0.05) is 31.4 Å². The van der Waals surface area contributed by atoms with E-state index in [9.17, 15) is 4.79 Å². The van der Waals surface area contributed by atoms with Crippen LogP contribution in [0.1, 0.15) is 48.0 Å². The molecule has 0 bridgehead atoms. The molecule has 1 aromatic carbocycles. The third-order valence-corrected chi connectivity index (χ3v) is 4.80. The normalized spacial score (nSPS) is 19.0. The average Bonchev–Trinajstić information content (AvgIpc) is 3.17. The summed E-state index contributed by atoms with van der Waals surface area (Å²) in [4.78, 5) is 14.8. The van der Waals surface area contributed by atoms with Crippen LogP contribution >= 0.6 is 0 Å². The molecule has 4 rings (SSSR count). The molecule has 1 aliphatic heterocycles. The lowest BCUT2D eigenvalue weighted by Crippen LogP contribution is -2.36. The molecule has 0 N–H and O–H groups in total. The lowest BCUT2D eigenvalue weighted by Gasteiger charge is -2.30. The largest absolute Gasteiger partial charge is 0.464 e. The second-order valence-electron chi connectivity index (χ2n) is 6.03. The summed E-state index contributed by atoms with van der Waals surface area (Å²) in [5, 5.41) is 0. The standard InChI is InChI=1S/C18H19NO2/c20-18-15-9-4-8-14(17-10-5-11-21-17)16(15)12-19(18)13-6-2-1-3-7-13/h4-5,8-11,13H,1-3,6-7,12H2. The SMILES string of the molecule is O=C1c2cccc(-c3ccco3)c2CN1C1CCCCC1. The van der Waals surface area contributed by atoms with Crippen molar-refractivity contribution >= 4 is 5.91 Å². The molecule has 3 nitrogen and oxygen atoms in total. The van der Waals surface area contributed by atoms with Gasteiger partial charge in [-0.05, 0) is 36.6 Å². The molecular weight excluding hydrogens is 262 g/mol. The van der Waals surface area contributed by atoms with Crippen LogP contribution in [-0.2, 0) is 6.54 Å². The molecule has 1 saturated carbocycles. The van der Waals surface area contributed by atoms with E-state index in [4.69, 9.17) is 4.42 Å². The molecule has 2 heterocycles. The van der Waals surface area contributed by atoms with Crippen molar-refractivity contribution in [1.82, 2.24) is 4.90 Å². The minimum absolute atomic E-state index is 0.199. The predicted molar refractivity (Wildman–Crippen MR) is 80.9 cm³/mol. The lowest BCUT2D eigenvalue weighted by atomic mass is 9.94. The first-order valence-corrected chi connectivity index (χ1v) is 7.81. The second kappa shape index (κ2) is 5.06. The molecule has 3 heteroatoms. The Bertz CT molecular complexity index is 654. The van der Waals surface area contributed by atoms with Crippen LogP contribution in [0, 0.1) is 0 Å². The number of benzene rings is 1. The van der Waals surface area contributed by atoms with Crippen molar-refractivity contribution in [2.24, 2.45) is 0 Å². The number of carbonyl (C=O) groups is 1. The Labute approximate surface area is 124 Å². The van der Waals surface area contributed by atoms with Gasteiger partial charge in [0.1, 0.15) is 5.76 Å². The molecule has 2 aliphatic rings. The highest BCUT2D eigenvalue weighted by Gasteiger charge is 2.34. The van der Waals surface area contributed by atoms with E-state index in [0.29, 0.717) is 6.04 Å². The number of hydrogen-bond acceptors (Lipinski definition) is 2. The van der Waals surface area contributed by atoms with Gasteiger partial charge in [0.25, 0.3) is 5.91 Å². The number of amides is 1. The smallest absolute Gasteiger partial charge is 0.254 e. The predicted octanol–water partition coefficient (Wildman–Crippen LogP) is 4.24. The molecule has 1 aliphatic carbocycles. The third-order valence-electron chi connectivity index (χ3n) is 4.80. The van der Waals surface area contributed by atoms with Crippen molar-refractivity contribution in [2.45, 2.75) is 44.7 Å². The van der Waals surface area contributed by atoms with E-state index >= 15 is 0 Å². The number of hydrogen-bond donors (Lipinski definition) is 0. The first-order chi connectivity index (χ1) is 10.3. The molecule has 0 atom stereocenters. The van der Waals surface area contributed by atoms with Gasteiger partial charge in [0.2, 0.25) is 0 Å². The van der Waals surface area contributed by atoms with E-state index in [2.05, 4.69) is 11.0 Å². The average molecular weight is 281 g/mol. The molecule has 0 spiro atoms. The summed E-state index contributed by atoms with van der Waals surface area (Å²) in [6.45, 7) is 0.732. The van der Waals surface area contributed by atoms with Crippen LogP contribution in [0.25, 0.3) is 11.3 Å². The van der Waals surface area contributed by atoms with Gasteiger partial charge in [-0.15, -0.1) is 0 Å². The van der Waals surface area contributed by atoms with E-state index in [1.807, 2.05) is 24.3 Å². The van der Waals surface area contributed by atoms with E-state index in [1.165, 1.54) is 19.3 Å². The van der Waals surface area contributed by atoms with Crippen LogP contribution in [-0.4, -0.2) is 16.8 Å². The molecule has 1 aromatic heterocycles. The highest BCUT2D eigenvalue weighted by molar-refractivity contribution is 6.00. The fraction of sp³-hybridized carbons (Fsp3) is 0.389. The molecule has 0 unspecified atom stereocenters. The van der Waals surface area contributed by atoms with Crippen molar-refractivity contribution < 1.29 is 9.21 Å². The van der Waals surface area contributed by atoms with Crippen LogP contribution in [0.5, 0.6) is 0 Å². The van der Waals surface area contributed by atoms with Crippen LogP contribution in [0.3, 0.4) is 0 Å². The molecule has 0 radical (unpaired) electrons. The summed E-state index contributed by atoms with van der Waals surface area (Å²) >= 11 is 0. The van der Waals surface area contributed by atoms with Gasteiger partial charge in [0, 0.05) is 23.7 Å². The minimum atomic E-state index is 0.199. The molecule has 2 aromatic rings. The minimum Gasteiger partial charge on any atom is -0.464 e. The van der Waals surface area contributed by atoms with Crippen molar-refractivity contribution in [3.8, 4) is 11.3 Å². The number of nitrogens with zero attached hydrogens (tertiary/aromatic N) is 1. The summed E-state index contributed by atoms with van der Waals surface area (Å²) in [6.07, 6.45) is 7.78. The van der Waals surface area contributed by atoms with Gasteiger partial charge in [-0.2, -0.15) is 0 Å². The van der Waals surface area contributed by atoms with Crippen molar-refractivity contribution in [3.05, 3.63) is 47.7 Å². The second-order valence-corrected chi connectivity index (χ2v) is 6.03. The van der Waals surface area contributed by atoms with Gasteiger partial charge in [-0.3, -0.25) is 4.79 Å². The van der Waals surface area contributed by atoms with Gasteiger partial charge in [-0.25, -0.2) is 0 Å². The number of carbonyl (C=O) groups excluding carboxylic acids is 1. The van der Waals surface area contributed by atoms with Crippen molar-refractivity contribution in [2.75, 3.05) is 0 Å². The molecule has 1 amide bonds. The maximum atomic E-state index is 12.7. The van der Waals surface area contributed by atoms with Crippen LogP contribution in [0.4, 0.5) is 0 Å². The van der Waals surface area contributed by atoms with Crippen LogP contribution in [0.2, 0.25) is 0 Å². The molecule has 21 heavy (non-hydrogen) atoms. The van der Waals surface area contributed by atoms with E-state index in [1.54, 1.807) is 6.26 Å². The Morgan fingerprint density at radius 3 is 2.57 bits per heavy atom. The Kier molecular flexibility index (Phi) is 3.06. The van der Waals surface area contributed by atoms with Crippen molar-refractivity contribution in [3.63, 3.8) is 0 Å². The van der Waals surface area contributed by atoms with Crippen molar-refractivity contribution in [1.29, 1.82) is 0 Å². The van der Waals surface area contributed by atoms with Gasteiger partial charge < -0.3 is 9.32 Å². The maximum absolute atomic E-state index is 12.7. The fourth-order valence-electron chi connectivity index (χ4n) is 3.70. The Morgan fingerprint density at radius 2 is 1.81 bits per heavy atom. The summed E-state index contributed by atoms with van der Waals surface area (Å²) in [6, 6.07) is 10.2. The fourth-order valence-corrected chi connectivity index (χ4v) is 3.70. The molecule has 0 saturated heterocycles. The van der Waals surface area contributed by atoms with Gasteiger partial charge in [0.15, 0.2) is 0 Å². The third kappa shape index (κ3) is 2.08. The van der Waals surface area contributed by atoms with Gasteiger partial charge in [0.05, 0.1) is 6.26 Å². The maximum Gasteiger partial charge on any atom is 0.254 e. The first kappa shape index (κ1) is 12.7. The zero-order valence-electron chi connectivity index (χ0n) is 12.0. The highest BCUT2D eigenvalue weighted by atomic mass is 16.3. The Hall–Kier alpha value is -2.03. The Morgan fingerprint density at radius 1 is 1.00 bits per heavy atom. The quantitative estimate of drug-likeness (QED) is 0.825. The summed E-state index contributed by atoms with van der Waals surface area (Å²) < 4.78 is 5.53. The topological polar surface area (TPSA) is 33.5 Å². The van der Waals surface area contributed by atoms with E-state index < -0.39 is 0 Å². The van der Waals surface area contributed by atoms with Crippen LogP contribution in [0.15, 0.2) is 41.0 Å². The molecular formula is C18H19NO2. The summed E-state index contributed by atoms with van der Waals surface area (Å²) in [5.74, 6) is 1.05. The molecule has 108 valence electrons. The van der Waals surface area contributed by atoms with Crippen LogP contribution < -0.4 is 0 Å². The van der Waals surface area contributed by atoms with E-state index in [-0.39, 0.29) is 5.91 Å². The number of rotatable bonds is 2. The number of fused-ring (bicyclic) bond motifs is 1. The summed E-state index contributed by atoms with van der Waals surface area (Å²) in [7, 11) is 0. The number of furan rings is 1. The zero-order valence-corrected chi connectivity index (χ0v) is 12.0.